The number of Topliss-reactive ketones (excluding diaryl/α,β-unsaturated/α-hetero) is 2. The fourth-order valence-electron chi connectivity index (χ4n) is 4.88. The summed E-state index contributed by atoms with van der Waals surface area (Å²) in [4.78, 5) is 43.0. The van der Waals surface area contributed by atoms with Crippen molar-refractivity contribution in [3.63, 3.8) is 0 Å². The number of carbonyl (C=O) groups is 3. The lowest BCUT2D eigenvalue weighted by Gasteiger charge is -2.16. The van der Waals surface area contributed by atoms with Gasteiger partial charge in [0, 0.05) is 25.1 Å². The molecule has 1 aliphatic rings. The molecule has 1 N–H and O–H groups in total. The number of amides is 1. The predicted molar refractivity (Wildman–Crippen MR) is 118 cm³/mol. The summed E-state index contributed by atoms with van der Waals surface area (Å²) >= 11 is 0. The predicted octanol–water partition coefficient (Wildman–Crippen LogP) is 3.63. The third-order valence-corrected chi connectivity index (χ3v) is 6.18. The van der Waals surface area contributed by atoms with E-state index < -0.39 is 5.92 Å². The highest BCUT2D eigenvalue weighted by Gasteiger charge is 2.42. The van der Waals surface area contributed by atoms with E-state index in [4.69, 9.17) is 0 Å². The van der Waals surface area contributed by atoms with Gasteiger partial charge in [-0.25, -0.2) is 4.98 Å². The lowest BCUT2D eigenvalue weighted by molar-refractivity contribution is -0.124. The molecule has 31 heavy (non-hydrogen) atoms. The van der Waals surface area contributed by atoms with E-state index in [1.165, 1.54) is 0 Å². The second-order valence-electron chi connectivity index (χ2n) is 8.53. The van der Waals surface area contributed by atoms with Gasteiger partial charge >= 0.3 is 0 Å². The van der Waals surface area contributed by atoms with E-state index in [1.54, 1.807) is 17.5 Å². The van der Waals surface area contributed by atoms with Crippen molar-refractivity contribution in [2.75, 3.05) is 6.54 Å². The molecule has 6 nitrogen and oxygen atoms in total. The van der Waals surface area contributed by atoms with E-state index in [1.807, 2.05) is 51.1 Å². The Balaban J connectivity index is 1.44. The summed E-state index contributed by atoms with van der Waals surface area (Å²) in [7, 11) is 0. The van der Waals surface area contributed by atoms with Crippen LogP contribution in [0.1, 0.15) is 57.2 Å². The SMILES string of the molecule is Cc1cc(C)c(C2C(=O)CC(CCNC(=O)c3c(C)nc4ccccn34)C2=O)c(C)c1. The Kier molecular flexibility index (Phi) is 5.48. The number of hydrogen-bond donors (Lipinski definition) is 1. The minimum Gasteiger partial charge on any atom is -0.351 e. The lowest BCUT2D eigenvalue weighted by atomic mass is 9.86. The summed E-state index contributed by atoms with van der Waals surface area (Å²) in [5, 5.41) is 2.90. The molecule has 1 amide bonds. The molecule has 6 heteroatoms. The summed E-state index contributed by atoms with van der Waals surface area (Å²) in [6, 6.07) is 9.62. The van der Waals surface area contributed by atoms with Gasteiger partial charge in [-0.2, -0.15) is 0 Å². The van der Waals surface area contributed by atoms with Crippen LogP contribution < -0.4 is 5.32 Å². The Morgan fingerprint density at radius 1 is 1.13 bits per heavy atom. The number of ketones is 2. The highest BCUT2D eigenvalue weighted by atomic mass is 16.2. The Morgan fingerprint density at radius 3 is 2.55 bits per heavy atom. The standard InChI is InChI=1S/C25H27N3O3/c1-14-11-15(2)21(16(3)12-14)22-19(29)13-18(24(22)30)8-9-26-25(31)23-17(4)27-20-7-5-6-10-28(20)23/h5-7,10-12,18,22H,8-9,13H2,1-4H3,(H,26,31). The zero-order valence-electron chi connectivity index (χ0n) is 18.4. The van der Waals surface area contributed by atoms with Gasteiger partial charge in [-0.1, -0.05) is 23.8 Å². The molecule has 0 aliphatic heterocycles. The first-order valence-corrected chi connectivity index (χ1v) is 10.6. The van der Waals surface area contributed by atoms with Crippen LogP contribution >= 0.6 is 0 Å². The van der Waals surface area contributed by atoms with Crippen molar-refractivity contribution < 1.29 is 14.4 Å². The van der Waals surface area contributed by atoms with Crippen molar-refractivity contribution in [1.29, 1.82) is 0 Å². The Morgan fingerprint density at radius 2 is 1.84 bits per heavy atom. The van der Waals surface area contributed by atoms with Gasteiger partial charge in [-0.05, 0) is 62.9 Å². The number of hydrogen-bond acceptors (Lipinski definition) is 4. The van der Waals surface area contributed by atoms with E-state index >= 15 is 0 Å². The maximum Gasteiger partial charge on any atom is 0.270 e. The molecule has 2 aromatic heterocycles. The van der Waals surface area contributed by atoms with Crippen LogP contribution in [0.15, 0.2) is 36.5 Å². The fourth-order valence-corrected chi connectivity index (χ4v) is 4.88. The summed E-state index contributed by atoms with van der Waals surface area (Å²) in [5.74, 6) is -1.31. The van der Waals surface area contributed by atoms with Crippen molar-refractivity contribution in [2.45, 2.75) is 46.5 Å². The molecule has 0 spiro atoms. The summed E-state index contributed by atoms with van der Waals surface area (Å²) in [6.45, 7) is 8.07. The number of carbonyl (C=O) groups excluding carboxylic acids is 3. The minimum atomic E-state index is -0.678. The molecule has 4 rings (SSSR count). The van der Waals surface area contributed by atoms with Gasteiger partial charge in [0.15, 0.2) is 5.78 Å². The quantitative estimate of drug-likeness (QED) is 0.643. The topological polar surface area (TPSA) is 80.5 Å². The minimum absolute atomic E-state index is 0.0194. The van der Waals surface area contributed by atoms with E-state index in [9.17, 15) is 14.4 Å². The van der Waals surface area contributed by atoms with Gasteiger partial charge in [0.1, 0.15) is 23.0 Å². The molecule has 2 atom stereocenters. The number of rotatable bonds is 5. The van der Waals surface area contributed by atoms with Crippen LogP contribution in [0.2, 0.25) is 0 Å². The highest BCUT2D eigenvalue weighted by Crippen LogP contribution is 2.37. The number of aromatic nitrogens is 2. The zero-order chi connectivity index (χ0) is 22.3. The smallest absolute Gasteiger partial charge is 0.270 e. The summed E-state index contributed by atoms with van der Waals surface area (Å²) in [5.41, 5.74) is 5.82. The molecular weight excluding hydrogens is 390 g/mol. The van der Waals surface area contributed by atoms with Crippen LogP contribution in [0, 0.1) is 33.6 Å². The van der Waals surface area contributed by atoms with Gasteiger partial charge in [0.2, 0.25) is 0 Å². The first-order chi connectivity index (χ1) is 14.8. The van der Waals surface area contributed by atoms with Crippen molar-refractivity contribution >= 4 is 23.1 Å². The van der Waals surface area contributed by atoms with E-state index in [0.717, 1.165) is 22.3 Å². The molecule has 2 heterocycles. The molecule has 3 aromatic rings. The van der Waals surface area contributed by atoms with Crippen LogP contribution in [0.5, 0.6) is 0 Å². The molecule has 2 unspecified atom stereocenters. The van der Waals surface area contributed by atoms with Crippen molar-refractivity contribution in [1.82, 2.24) is 14.7 Å². The molecule has 0 saturated heterocycles. The van der Waals surface area contributed by atoms with Crippen LogP contribution in [0.4, 0.5) is 0 Å². The van der Waals surface area contributed by atoms with Crippen molar-refractivity contribution in [2.24, 2.45) is 5.92 Å². The Labute approximate surface area is 181 Å². The van der Waals surface area contributed by atoms with Crippen LogP contribution in [-0.2, 0) is 9.59 Å². The maximum atomic E-state index is 13.1. The van der Waals surface area contributed by atoms with Crippen LogP contribution in [-0.4, -0.2) is 33.4 Å². The number of nitrogens with zero attached hydrogens (tertiary/aromatic N) is 2. The Hall–Kier alpha value is -3.28. The summed E-state index contributed by atoms with van der Waals surface area (Å²) in [6.07, 6.45) is 2.49. The molecule has 0 bridgehead atoms. The second kappa shape index (κ2) is 8.10. The normalized spacial score (nSPS) is 18.7. The second-order valence-corrected chi connectivity index (χ2v) is 8.53. The average molecular weight is 418 g/mol. The number of pyridine rings is 1. The number of imidazole rings is 1. The molecule has 1 fully saturated rings. The third kappa shape index (κ3) is 3.78. The monoisotopic (exact) mass is 417 g/mol. The molecule has 160 valence electrons. The maximum absolute atomic E-state index is 13.1. The average Bonchev–Trinajstić information content (AvgIpc) is 3.17. The molecule has 1 aromatic carbocycles. The zero-order valence-corrected chi connectivity index (χ0v) is 18.4. The van der Waals surface area contributed by atoms with Crippen molar-refractivity contribution in [3.8, 4) is 0 Å². The molecule has 1 aliphatic carbocycles. The van der Waals surface area contributed by atoms with E-state index in [0.29, 0.717) is 30.0 Å². The van der Waals surface area contributed by atoms with E-state index in [2.05, 4.69) is 10.3 Å². The number of nitrogens with one attached hydrogen (secondary N) is 1. The highest BCUT2D eigenvalue weighted by molar-refractivity contribution is 6.15. The number of aryl methyl sites for hydroxylation is 4. The molecule has 0 radical (unpaired) electrons. The van der Waals surface area contributed by atoms with Gasteiger partial charge in [0.25, 0.3) is 5.91 Å². The van der Waals surface area contributed by atoms with Gasteiger partial charge in [-0.15, -0.1) is 0 Å². The first-order valence-electron chi connectivity index (χ1n) is 10.6. The van der Waals surface area contributed by atoms with Crippen LogP contribution in [0.25, 0.3) is 5.65 Å². The van der Waals surface area contributed by atoms with Gasteiger partial charge < -0.3 is 5.32 Å². The van der Waals surface area contributed by atoms with Crippen molar-refractivity contribution in [3.05, 3.63) is 70.2 Å². The summed E-state index contributed by atoms with van der Waals surface area (Å²) < 4.78 is 1.76. The Bertz CT molecular complexity index is 1180. The fraction of sp³-hybridized carbons (Fsp3) is 0.360. The third-order valence-electron chi connectivity index (χ3n) is 6.18. The first kappa shape index (κ1) is 21.0. The lowest BCUT2D eigenvalue weighted by Crippen LogP contribution is -2.28. The molecular formula is C25H27N3O3. The number of benzene rings is 1. The van der Waals surface area contributed by atoms with E-state index in [-0.39, 0.29) is 29.8 Å². The van der Waals surface area contributed by atoms with Gasteiger partial charge in [-0.3, -0.25) is 18.8 Å². The number of fused-ring (bicyclic) bond motifs is 1. The van der Waals surface area contributed by atoms with Crippen LogP contribution in [0.3, 0.4) is 0 Å². The van der Waals surface area contributed by atoms with Gasteiger partial charge in [0.05, 0.1) is 5.69 Å². The largest absolute Gasteiger partial charge is 0.351 e. The molecule has 1 saturated carbocycles.